The van der Waals surface area contributed by atoms with E-state index in [1.165, 1.54) is 36.5 Å². The van der Waals surface area contributed by atoms with Gasteiger partial charge in [0.05, 0.1) is 34.3 Å². The monoisotopic (exact) mass is 551 g/mol. The molecule has 0 aliphatic carbocycles. The molecule has 0 unspecified atom stereocenters. The van der Waals surface area contributed by atoms with Gasteiger partial charge in [0.2, 0.25) is 5.89 Å². The summed E-state index contributed by atoms with van der Waals surface area (Å²) in [6, 6.07) is 18.6. The Balaban J connectivity index is 1.42. The smallest absolute Gasteiger partial charge is 0.267 e. The quantitative estimate of drug-likeness (QED) is 0.214. The fraction of sp³-hybridized carbons (Fsp3) is 0.0385. The van der Waals surface area contributed by atoms with Gasteiger partial charge in [-0.25, -0.2) is 14.4 Å². The molecule has 5 rings (SSSR count). The number of nitrogens with zero attached hydrogens (tertiary/aromatic N) is 5. The number of halogens is 4. The molecule has 0 spiro atoms. The van der Waals surface area contributed by atoms with E-state index >= 15 is 4.39 Å². The Morgan fingerprint density at radius 3 is 2.57 bits per heavy atom. The molecule has 37 heavy (non-hydrogen) atoms. The van der Waals surface area contributed by atoms with Gasteiger partial charge < -0.3 is 9.15 Å². The lowest BCUT2D eigenvalue weighted by Gasteiger charge is -2.11. The number of ether oxygens (including phenoxy) is 1. The van der Waals surface area contributed by atoms with E-state index in [0.29, 0.717) is 5.82 Å². The minimum atomic E-state index is -0.725. The van der Waals surface area contributed by atoms with E-state index in [9.17, 15) is 0 Å². The molecule has 0 aliphatic rings. The molecule has 3 aromatic carbocycles. The van der Waals surface area contributed by atoms with E-state index in [1.54, 1.807) is 0 Å². The van der Waals surface area contributed by atoms with Crippen molar-refractivity contribution in [3.63, 3.8) is 0 Å². The number of benzene rings is 3. The molecule has 0 fully saturated rings. The van der Waals surface area contributed by atoms with Gasteiger partial charge >= 0.3 is 0 Å². The van der Waals surface area contributed by atoms with Crippen molar-refractivity contribution in [3.8, 4) is 40.5 Å². The minimum Gasteiger partial charge on any atom is -0.453 e. The van der Waals surface area contributed by atoms with E-state index < -0.39 is 5.82 Å². The third-order valence-corrected chi connectivity index (χ3v) is 5.93. The van der Waals surface area contributed by atoms with E-state index in [0.717, 1.165) is 5.56 Å². The molecule has 0 atom stereocenters. The zero-order valence-electron chi connectivity index (χ0n) is 18.6. The molecule has 0 bridgehead atoms. The third kappa shape index (κ3) is 5.39. The molecule has 0 radical (unpaired) electrons. The van der Waals surface area contributed by atoms with E-state index in [4.69, 9.17) is 49.2 Å². The number of aromatic nitrogens is 4. The van der Waals surface area contributed by atoms with Crippen molar-refractivity contribution in [1.29, 1.82) is 5.26 Å². The third-order valence-electron chi connectivity index (χ3n) is 5.14. The Bertz CT molecular complexity index is 1650. The summed E-state index contributed by atoms with van der Waals surface area (Å²) in [5.74, 6) is -0.171. The summed E-state index contributed by atoms with van der Waals surface area (Å²) < 4.78 is 26.8. The van der Waals surface area contributed by atoms with Crippen LogP contribution in [0.5, 0.6) is 11.5 Å². The van der Waals surface area contributed by atoms with Crippen LogP contribution in [0.3, 0.4) is 0 Å². The van der Waals surface area contributed by atoms with Gasteiger partial charge in [-0.3, -0.25) is 0 Å². The standard InChI is InChI=1S/C26H13Cl3FN5O2/c27-17-8-14(12-31)9-18(11-17)36-24-19(28)7-6-16(22(24)30)10-21-34-35-26(37-21)23-20(29)13-32-25(33-23)15-4-2-1-3-5-15/h1-9,11,13H,10H2. The second kappa shape index (κ2) is 10.5. The summed E-state index contributed by atoms with van der Waals surface area (Å²) in [4.78, 5) is 8.71. The molecule has 2 heterocycles. The maximum atomic E-state index is 15.4. The molecular weight excluding hydrogens is 540 g/mol. The zero-order chi connectivity index (χ0) is 25.9. The highest BCUT2D eigenvalue weighted by molar-refractivity contribution is 6.33. The molecule has 5 aromatic rings. The van der Waals surface area contributed by atoms with Crippen LogP contribution < -0.4 is 4.74 Å². The second-order valence-electron chi connectivity index (χ2n) is 7.67. The molecular formula is C26H13Cl3FN5O2. The number of hydrogen-bond acceptors (Lipinski definition) is 7. The lowest BCUT2D eigenvalue weighted by atomic mass is 10.1. The summed E-state index contributed by atoms with van der Waals surface area (Å²) in [6.07, 6.45) is 1.39. The first-order valence-electron chi connectivity index (χ1n) is 10.7. The Kier molecular flexibility index (Phi) is 7.01. The van der Waals surface area contributed by atoms with Gasteiger partial charge in [-0.1, -0.05) is 71.2 Å². The van der Waals surface area contributed by atoms with Crippen molar-refractivity contribution >= 4 is 34.8 Å². The highest BCUT2D eigenvalue weighted by Crippen LogP contribution is 2.36. The van der Waals surface area contributed by atoms with Gasteiger partial charge in [0, 0.05) is 16.1 Å². The Morgan fingerprint density at radius 1 is 0.973 bits per heavy atom. The van der Waals surface area contributed by atoms with Crippen LogP contribution in [-0.2, 0) is 6.42 Å². The van der Waals surface area contributed by atoms with Crippen LogP contribution >= 0.6 is 34.8 Å². The van der Waals surface area contributed by atoms with Crippen LogP contribution in [-0.4, -0.2) is 20.2 Å². The predicted molar refractivity (Wildman–Crippen MR) is 136 cm³/mol. The van der Waals surface area contributed by atoms with Crippen LogP contribution in [0, 0.1) is 17.1 Å². The molecule has 182 valence electrons. The van der Waals surface area contributed by atoms with Crippen LogP contribution in [0.1, 0.15) is 17.0 Å². The zero-order valence-corrected chi connectivity index (χ0v) is 20.9. The summed E-state index contributed by atoms with van der Waals surface area (Å²) >= 11 is 18.5. The summed E-state index contributed by atoms with van der Waals surface area (Å²) in [6.45, 7) is 0. The van der Waals surface area contributed by atoms with Crippen molar-refractivity contribution < 1.29 is 13.5 Å². The van der Waals surface area contributed by atoms with Crippen LogP contribution in [0.2, 0.25) is 15.1 Å². The number of rotatable bonds is 6. The summed E-state index contributed by atoms with van der Waals surface area (Å²) in [7, 11) is 0. The molecule has 2 aromatic heterocycles. The minimum absolute atomic E-state index is 0.0344. The molecule has 0 amide bonds. The van der Waals surface area contributed by atoms with Gasteiger partial charge in [-0.15, -0.1) is 10.2 Å². The Hall–Kier alpha value is -4.03. The number of nitriles is 1. The van der Waals surface area contributed by atoms with Gasteiger partial charge in [0.15, 0.2) is 17.4 Å². The van der Waals surface area contributed by atoms with Crippen molar-refractivity contribution in [2.75, 3.05) is 0 Å². The topological polar surface area (TPSA) is 97.7 Å². The first-order chi connectivity index (χ1) is 17.9. The maximum Gasteiger partial charge on any atom is 0.267 e. The Labute approximate surface area is 225 Å². The lowest BCUT2D eigenvalue weighted by molar-refractivity contribution is 0.437. The first kappa shape index (κ1) is 24.7. The van der Waals surface area contributed by atoms with Crippen LogP contribution in [0.25, 0.3) is 23.0 Å². The SMILES string of the molecule is N#Cc1cc(Cl)cc(Oc2c(Cl)ccc(Cc3nnc(-c4nc(-c5ccccc5)ncc4Cl)o3)c2F)c1. The summed E-state index contributed by atoms with van der Waals surface area (Å²) in [5, 5.41) is 17.7. The Morgan fingerprint density at radius 2 is 1.78 bits per heavy atom. The highest BCUT2D eigenvalue weighted by atomic mass is 35.5. The van der Waals surface area contributed by atoms with Gasteiger partial charge in [-0.2, -0.15) is 5.26 Å². The van der Waals surface area contributed by atoms with Crippen LogP contribution in [0.15, 0.2) is 71.3 Å². The molecule has 0 saturated carbocycles. The lowest BCUT2D eigenvalue weighted by Crippen LogP contribution is -1.98. The van der Waals surface area contributed by atoms with Crippen molar-refractivity contribution in [3.05, 3.63) is 105 Å². The average molecular weight is 553 g/mol. The maximum absolute atomic E-state index is 15.4. The molecule has 11 heteroatoms. The van der Waals surface area contributed by atoms with Crippen molar-refractivity contribution in [1.82, 2.24) is 20.2 Å². The number of hydrogen-bond donors (Lipinski definition) is 0. The molecule has 7 nitrogen and oxygen atoms in total. The van der Waals surface area contributed by atoms with E-state index in [1.807, 2.05) is 36.4 Å². The molecule has 0 N–H and O–H groups in total. The predicted octanol–water partition coefficient (Wildman–Crippen LogP) is 7.55. The van der Waals surface area contributed by atoms with Gasteiger partial charge in [-0.05, 0) is 24.3 Å². The largest absolute Gasteiger partial charge is 0.453 e. The summed E-state index contributed by atoms with van der Waals surface area (Å²) in [5.41, 5.74) is 1.49. The van der Waals surface area contributed by atoms with E-state index in [-0.39, 0.29) is 61.6 Å². The fourth-order valence-corrected chi connectivity index (χ4v) is 4.02. The van der Waals surface area contributed by atoms with Crippen LogP contribution in [0.4, 0.5) is 4.39 Å². The highest BCUT2D eigenvalue weighted by Gasteiger charge is 2.20. The van der Waals surface area contributed by atoms with Crippen molar-refractivity contribution in [2.24, 2.45) is 0 Å². The van der Waals surface area contributed by atoms with Crippen molar-refractivity contribution in [2.45, 2.75) is 6.42 Å². The fourth-order valence-electron chi connectivity index (χ4n) is 3.43. The second-order valence-corrected chi connectivity index (χ2v) is 8.92. The average Bonchev–Trinajstić information content (AvgIpc) is 3.37. The van der Waals surface area contributed by atoms with E-state index in [2.05, 4.69) is 20.2 Å². The molecule has 0 saturated heterocycles. The molecule has 0 aliphatic heterocycles. The first-order valence-corrected chi connectivity index (χ1v) is 11.8. The normalized spacial score (nSPS) is 10.8. The van der Waals surface area contributed by atoms with Gasteiger partial charge in [0.1, 0.15) is 11.4 Å². The van der Waals surface area contributed by atoms with Gasteiger partial charge in [0.25, 0.3) is 5.89 Å².